The number of aryl methyl sites for hydroxylation is 1. The smallest absolute Gasteiger partial charge is 0.141 e. The molecule has 3 nitrogen and oxygen atoms in total. The maximum atomic E-state index is 13.0. The Kier molecular flexibility index (Phi) is 2.92. The fourth-order valence-corrected chi connectivity index (χ4v) is 1.58. The molecule has 0 radical (unpaired) electrons. The van der Waals surface area contributed by atoms with Gasteiger partial charge in [0.15, 0.2) is 0 Å². The monoisotopic (exact) mass is 217 g/mol. The first-order valence-electron chi connectivity index (χ1n) is 4.95. The van der Waals surface area contributed by atoms with Crippen LogP contribution in [-0.2, 0) is 0 Å². The van der Waals surface area contributed by atoms with Crippen LogP contribution in [0.15, 0.2) is 36.9 Å². The Morgan fingerprint density at radius 3 is 2.75 bits per heavy atom. The fraction of sp³-hybridized carbons (Fsp3) is 0.167. The number of hydrogen-bond acceptors (Lipinski definition) is 3. The predicted octanol–water partition coefficient (Wildman–Crippen LogP) is 1.97. The second kappa shape index (κ2) is 4.37. The molecule has 0 aliphatic carbocycles. The number of pyridine rings is 2. The van der Waals surface area contributed by atoms with Crippen molar-refractivity contribution in [1.29, 1.82) is 0 Å². The summed E-state index contributed by atoms with van der Waals surface area (Å²) in [7, 11) is 0. The van der Waals surface area contributed by atoms with Crippen LogP contribution in [0.25, 0.3) is 0 Å². The lowest BCUT2D eigenvalue weighted by atomic mass is 9.99. The van der Waals surface area contributed by atoms with E-state index in [1.807, 2.05) is 13.0 Å². The van der Waals surface area contributed by atoms with Gasteiger partial charge in [0, 0.05) is 18.6 Å². The highest BCUT2D eigenvalue weighted by Gasteiger charge is 2.12. The third-order valence-corrected chi connectivity index (χ3v) is 2.50. The van der Waals surface area contributed by atoms with Crippen molar-refractivity contribution in [2.45, 2.75) is 13.0 Å². The Hall–Kier alpha value is -1.81. The van der Waals surface area contributed by atoms with Crippen LogP contribution in [0.1, 0.15) is 22.7 Å². The molecular formula is C12H12FN3. The van der Waals surface area contributed by atoms with E-state index in [9.17, 15) is 4.39 Å². The highest BCUT2D eigenvalue weighted by Crippen LogP contribution is 2.21. The first-order chi connectivity index (χ1) is 7.68. The molecule has 0 fully saturated rings. The van der Waals surface area contributed by atoms with Crippen molar-refractivity contribution in [3.63, 3.8) is 0 Å². The Morgan fingerprint density at radius 1 is 1.25 bits per heavy atom. The van der Waals surface area contributed by atoms with Crippen molar-refractivity contribution in [1.82, 2.24) is 9.97 Å². The molecule has 2 heterocycles. The molecule has 0 saturated carbocycles. The molecule has 82 valence electrons. The zero-order valence-corrected chi connectivity index (χ0v) is 8.89. The number of hydrogen-bond donors (Lipinski definition) is 1. The molecule has 0 bridgehead atoms. The Labute approximate surface area is 93.2 Å². The zero-order valence-electron chi connectivity index (χ0n) is 8.89. The van der Waals surface area contributed by atoms with Crippen LogP contribution in [-0.4, -0.2) is 9.97 Å². The summed E-state index contributed by atoms with van der Waals surface area (Å²) in [6, 6.07) is 2.88. The lowest BCUT2D eigenvalue weighted by molar-refractivity contribution is 0.616. The average Bonchev–Trinajstić information content (AvgIpc) is 2.29. The summed E-state index contributed by atoms with van der Waals surface area (Å²) in [6.45, 7) is 1.95. The van der Waals surface area contributed by atoms with Crippen molar-refractivity contribution in [2.24, 2.45) is 5.73 Å². The standard InChI is InChI=1S/C12H12FN3/c1-8-2-3-15-7-11(8)12(14)9-4-10(13)6-16-5-9/h2-7,12H,14H2,1H3. The largest absolute Gasteiger partial charge is 0.320 e. The average molecular weight is 217 g/mol. The fourth-order valence-electron chi connectivity index (χ4n) is 1.58. The summed E-state index contributed by atoms with van der Waals surface area (Å²) in [6.07, 6.45) is 6.13. The van der Waals surface area contributed by atoms with Crippen molar-refractivity contribution >= 4 is 0 Å². The summed E-state index contributed by atoms with van der Waals surface area (Å²) in [5.41, 5.74) is 8.61. The van der Waals surface area contributed by atoms with Gasteiger partial charge in [0.1, 0.15) is 5.82 Å². The number of rotatable bonds is 2. The Morgan fingerprint density at radius 2 is 2.06 bits per heavy atom. The third-order valence-electron chi connectivity index (χ3n) is 2.50. The Balaban J connectivity index is 2.39. The van der Waals surface area contributed by atoms with Gasteiger partial charge < -0.3 is 5.73 Å². The van der Waals surface area contributed by atoms with Crippen molar-refractivity contribution in [3.05, 3.63) is 59.4 Å². The van der Waals surface area contributed by atoms with Crippen LogP contribution in [0.5, 0.6) is 0 Å². The summed E-state index contributed by atoms with van der Waals surface area (Å²) >= 11 is 0. The van der Waals surface area contributed by atoms with E-state index in [1.54, 1.807) is 18.6 Å². The van der Waals surface area contributed by atoms with Gasteiger partial charge in [-0.05, 0) is 35.7 Å². The molecule has 2 aromatic rings. The highest BCUT2D eigenvalue weighted by atomic mass is 19.1. The van der Waals surface area contributed by atoms with Crippen LogP contribution >= 0.6 is 0 Å². The molecule has 0 amide bonds. The molecule has 1 atom stereocenters. The van der Waals surface area contributed by atoms with E-state index >= 15 is 0 Å². The quantitative estimate of drug-likeness (QED) is 0.836. The van der Waals surface area contributed by atoms with E-state index < -0.39 is 6.04 Å². The summed E-state index contributed by atoms with van der Waals surface area (Å²) in [5.74, 6) is -0.380. The van der Waals surface area contributed by atoms with E-state index in [0.717, 1.165) is 17.3 Å². The van der Waals surface area contributed by atoms with Crippen molar-refractivity contribution < 1.29 is 4.39 Å². The van der Waals surface area contributed by atoms with E-state index in [0.29, 0.717) is 5.56 Å². The van der Waals surface area contributed by atoms with E-state index in [2.05, 4.69) is 9.97 Å². The van der Waals surface area contributed by atoms with Crippen LogP contribution in [0, 0.1) is 12.7 Å². The second-order valence-electron chi connectivity index (χ2n) is 3.65. The highest BCUT2D eigenvalue weighted by molar-refractivity contribution is 5.33. The maximum Gasteiger partial charge on any atom is 0.141 e. The topological polar surface area (TPSA) is 51.8 Å². The SMILES string of the molecule is Cc1ccncc1C(N)c1cncc(F)c1. The van der Waals surface area contributed by atoms with Gasteiger partial charge in [-0.3, -0.25) is 9.97 Å². The summed E-state index contributed by atoms with van der Waals surface area (Å²) in [5, 5.41) is 0. The summed E-state index contributed by atoms with van der Waals surface area (Å²) < 4.78 is 13.0. The molecule has 0 saturated heterocycles. The second-order valence-corrected chi connectivity index (χ2v) is 3.65. The molecular weight excluding hydrogens is 205 g/mol. The molecule has 2 aromatic heterocycles. The molecule has 0 spiro atoms. The minimum absolute atomic E-state index is 0.380. The van der Waals surface area contributed by atoms with Crippen LogP contribution in [0.3, 0.4) is 0 Å². The van der Waals surface area contributed by atoms with Gasteiger partial charge in [-0.15, -0.1) is 0 Å². The minimum Gasteiger partial charge on any atom is -0.320 e. The van der Waals surface area contributed by atoms with Gasteiger partial charge in [-0.2, -0.15) is 0 Å². The van der Waals surface area contributed by atoms with Gasteiger partial charge in [-0.1, -0.05) is 0 Å². The number of nitrogens with zero attached hydrogens (tertiary/aromatic N) is 2. The van der Waals surface area contributed by atoms with E-state index in [-0.39, 0.29) is 5.82 Å². The van der Waals surface area contributed by atoms with Gasteiger partial charge in [0.05, 0.1) is 12.2 Å². The molecule has 4 heteroatoms. The third kappa shape index (κ3) is 2.06. The molecule has 16 heavy (non-hydrogen) atoms. The number of aromatic nitrogens is 2. The lowest BCUT2D eigenvalue weighted by Gasteiger charge is -2.13. The van der Waals surface area contributed by atoms with E-state index in [4.69, 9.17) is 5.73 Å². The van der Waals surface area contributed by atoms with Gasteiger partial charge in [0.2, 0.25) is 0 Å². The van der Waals surface area contributed by atoms with Gasteiger partial charge in [-0.25, -0.2) is 4.39 Å². The van der Waals surface area contributed by atoms with Gasteiger partial charge >= 0.3 is 0 Å². The van der Waals surface area contributed by atoms with E-state index in [1.165, 1.54) is 6.07 Å². The molecule has 0 aliphatic rings. The Bertz CT molecular complexity index is 499. The van der Waals surface area contributed by atoms with Crippen LogP contribution in [0.2, 0.25) is 0 Å². The number of halogens is 1. The first-order valence-corrected chi connectivity index (χ1v) is 4.95. The summed E-state index contributed by atoms with van der Waals surface area (Å²) in [4.78, 5) is 7.81. The molecule has 0 aliphatic heterocycles. The molecule has 2 rings (SSSR count). The predicted molar refractivity (Wildman–Crippen MR) is 59.2 cm³/mol. The van der Waals surface area contributed by atoms with Crippen LogP contribution in [0.4, 0.5) is 4.39 Å². The molecule has 2 N–H and O–H groups in total. The van der Waals surface area contributed by atoms with Crippen molar-refractivity contribution in [2.75, 3.05) is 0 Å². The lowest BCUT2D eigenvalue weighted by Crippen LogP contribution is -2.14. The molecule has 1 unspecified atom stereocenters. The zero-order chi connectivity index (χ0) is 11.5. The minimum atomic E-state index is -0.392. The number of nitrogens with two attached hydrogens (primary N) is 1. The van der Waals surface area contributed by atoms with Gasteiger partial charge in [0.25, 0.3) is 0 Å². The normalized spacial score (nSPS) is 12.4. The maximum absolute atomic E-state index is 13.0. The van der Waals surface area contributed by atoms with Crippen LogP contribution < -0.4 is 5.73 Å². The first kappa shape index (κ1) is 10.7. The molecule has 0 aromatic carbocycles. The van der Waals surface area contributed by atoms with Crippen molar-refractivity contribution in [3.8, 4) is 0 Å².